The van der Waals surface area contributed by atoms with Gasteiger partial charge in [0.25, 0.3) is 0 Å². The molecule has 3 aromatic rings. The summed E-state index contributed by atoms with van der Waals surface area (Å²) in [4.78, 5) is 19.7. The highest BCUT2D eigenvalue weighted by Crippen LogP contribution is 2.62. The first-order valence-corrected chi connectivity index (χ1v) is 11.4. The van der Waals surface area contributed by atoms with Gasteiger partial charge in [-0.05, 0) is 13.1 Å². The van der Waals surface area contributed by atoms with Crippen molar-refractivity contribution >= 4 is 11.8 Å². The first kappa shape index (κ1) is 22.5. The van der Waals surface area contributed by atoms with E-state index in [0.29, 0.717) is 5.69 Å². The number of aromatic nitrogens is 4. The fourth-order valence-corrected chi connectivity index (χ4v) is 5.61. The molecule has 0 bridgehead atoms. The maximum atomic E-state index is 15.1. The van der Waals surface area contributed by atoms with Gasteiger partial charge < -0.3 is 9.64 Å². The van der Waals surface area contributed by atoms with Crippen LogP contribution in [0, 0.1) is 40.6 Å². The molecule has 1 aliphatic carbocycles. The second kappa shape index (κ2) is 8.03. The predicted octanol–water partition coefficient (Wildman–Crippen LogP) is 2.74. The van der Waals surface area contributed by atoms with Crippen LogP contribution in [0.2, 0.25) is 0 Å². The molecule has 3 fully saturated rings. The fourth-order valence-electron chi connectivity index (χ4n) is 5.61. The summed E-state index contributed by atoms with van der Waals surface area (Å²) in [5.74, 6) is -3.52. The number of benzene rings is 1. The Morgan fingerprint density at radius 1 is 1.19 bits per heavy atom. The number of fused-ring (bicyclic) bond motifs is 1. The Morgan fingerprint density at radius 3 is 2.61 bits per heavy atom. The van der Waals surface area contributed by atoms with Crippen LogP contribution < -0.4 is 4.90 Å². The molecule has 184 valence electrons. The minimum Gasteiger partial charge on any atom is -0.442 e. The highest BCUT2D eigenvalue weighted by molar-refractivity contribution is 5.90. The molecule has 9 nitrogen and oxygen atoms in total. The van der Waals surface area contributed by atoms with Gasteiger partial charge in [-0.2, -0.15) is 5.26 Å². The zero-order valence-corrected chi connectivity index (χ0v) is 19.1. The number of carbonyl (C=O) groups excluding carboxylic acids is 1. The number of pyridine rings is 1. The summed E-state index contributed by atoms with van der Waals surface area (Å²) >= 11 is 0. The number of ether oxygens (including phenoxy) is 1. The summed E-state index contributed by atoms with van der Waals surface area (Å²) < 4.78 is 52.0. The molecule has 6 rings (SSSR count). The summed E-state index contributed by atoms with van der Waals surface area (Å²) in [5.41, 5.74) is -1.27. The van der Waals surface area contributed by atoms with Gasteiger partial charge in [-0.15, -0.1) is 5.10 Å². The molecule has 2 aromatic heterocycles. The third kappa shape index (κ3) is 3.26. The summed E-state index contributed by atoms with van der Waals surface area (Å²) in [6, 6.07) is 6.18. The minimum atomic E-state index is -1.44. The van der Waals surface area contributed by atoms with Crippen molar-refractivity contribution in [1.29, 1.82) is 5.26 Å². The second-order valence-electron chi connectivity index (χ2n) is 9.47. The highest BCUT2D eigenvalue weighted by Gasteiger charge is 2.70. The molecular formula is C24H20F3N7O2. The number of rotatable bonds is 5. The number of nitrogens with zero attached hydrogens (tertiary/aromatic N) is 7. The van der Waals surface area contributed by atoms with Gasteiger partial charge in [-0.25, -0.2) is 22.6 Å². The van der Waals surface area contributed by atoms with Crippen LogP contribution >= 0.6 is 0 Å². The molecule has 0 unspecified atom stereocenters. The first-order valence-electron chi connectivity index (χ1n) is 11.4. The van der Waals surface area contributed by atoms with Crippen LogP contribution in [0.15, 0.2) is 36.8 Å². The van der Waals surface area contributed by atoms with E-state index in [9.17, 15) is 10.1 Å². The van der Waals surface area contributed by atoms with Crippen molar-refractivity contribution in [1.82, 2.24) is 24.9 Å². The van der Waals surface area contributed by atoms with Crippen molar-refractivity contribution in [3.63, 3.8) is 0 Å². The molecule has 0 radical (unpaired) electrons. The Hall–Kier alpha value is -3.98. The molecule has 4 atom stereocenters. The van der Waals surface area contributed by atoms with Crippen LogP contribution in [0.5, 0.6) is 0 Å². The van der Waals surface area contributed by atoms with E-state index in [-0.39, 0.29) is 30.5 Å². The van der Waals surface area contributed by atoms with Crippen molar-refractivity contribution in [2.75, 3.05) is 31.6 Å². The van der Waals surface area contributed by atoms with Gasteiger partial charge in [0.05, 0.1) is 42.3 Å². The van der Waals surface area contributed by atoms with Gasteiger partial charge in [0.2, 0.25) is 0 Å². The van der Waals surface area contributed by atoms with E-state index in [1.54, 1.807) is 12.3 Å². The number of nitriles is 1. The van der Waals surface area contributed by atoms with E-state index >= 15 is 13.2 Å². The number of likely N-dealkylation sites (tertiary alicyclic amines) is 1. The third-order valence-corrected chi connectivity index (χ3v) is 7.39. The smallest absolute Gasteiger partial charge is 0.414 e. The van der Waals surface area contributed by atoms with Gasteiger partial charge >= 0.3 is 6.09 Å². The largest absolute Gasteiger partial charge is 0.442 e. The standard InChI is InChI=1S/C24H20F3N7O2/c1-32-10-15-16(11-32)24(15,12-28)19-3-2-13(7-29-19)20-17(25)6-18(21(26)22(20)27)34-9-14(36-23(34)35)8-33-5-4-30-31-33/h2-7,14-16H,8-11H2,1H3/t14-,15-,16+,24+/m0/s1. The Kier molecular flexibility index (Phi) is 5.01. The SMILES string of the molecule is CN1C[C@@H]2[C@H](C1)[C@@]2(C#N)c1ccc(-c2c(F)cc(N3C[C@H](Cn4ccnn4)OC3=O)c(F)c2F)cn1. The number of anilines is 1. The number of carbonyl (C=O) groups is 1. The lowest BCUT2D eigenvalue weighted by Crippen LogP contribution is -2.27. The molecule has 2 aliphatic heterocycles. The quantitative estimate of drug-likeness (QED) is 0.502. The fraction of sp³-hybridized carbons (Fsp3) is 0.375. The lowest BCUT2D eigenvalue weighted by molar-refractivity contribution is 0.129. The molecule has 36 heavy (non-hydrogen) atoms. The summed E-state index contributed by atoms with van der Waals surface area (Å²) in [5, 5.41) is 17.3. The Labute approximate surface area is 203 Å². The van der Waals surface area contributed by atoms with Crippen molar-refractivity contribution < 1.29 is 22.7 Å². The molecule has 4 heterocycles. The van der Waals surface area contributed by atoms with Gasteiger partial charge in [-0.3, -0.25) is 9.88 Å². The maximum Gasteiger partial charge on any atom is 0.414 e. The number of amides is 1. The van der Waals surface area contributed by atoms with Crippen molar-refractivity contribution in [2.24, 2.45) is 11.8 Å². The van der Waals surface area contributed by atoms with Crippen LogP contribution in [-0.4, -0.2) is 63.8 Å². The van der Waals surface area contributed by atoms with Gasteiger partial charge in [0.15, 0.2) is 11.6 Å². The van der Waals surface area contributed by atoms with Gasteiger partial charge in [0, 0.05) is 48.9 Å². The van der Waals surface area contributed by atoms with E-state index in [1.165, 1.54) is 23.1 Å². The van der Waals surface area contributed by atoms with E-state index < -0.39 is 46.3 Å². The average molecular weight is 495 g/mol. The van der Waals surface area contributed by atoms with Gasteiger partial charge in [0.1, 0.15) is 17.3 Å². The Bertz CT molecular complexity index is 1380. The highest BCUT2D eigenvalue weighted by atomic mass is 19.2. The van der Waals surface area contributed by atoms with E-state index in [0.717, 1.165) is 24.1 Å². The van der Waals surface area contributed by atoms with Crippen LogP contribution in [0.4, 0.5) is 23.7 Å². The lowest BCUT2D eigenvalue weighted by atomic mass is 9.95. The van der Waals surface area contributed by atoms with Gasteiger partial charge in [-0.1, -0.05) is 11.3 Å². The molecule has 2 saturated heterocycles. The maximum absolute atomic E-state index is 15.1. The Balaban J connectivity index is 1.26. The number of hydrogen-bond acceptors (Lipinski definition) is 7. The van der Waals surface area contributed by atoms with Crippen LogP contribution in [-0.2, 0) is 16.7 Å². The van der Waals surface area contributed by atoms with E-state index in [4.69, 9.17) is 4.74 Å². The predicted molar refractivity (Wildman–Crippen MR) is 119 cm³/mol. The minimum absolute atomic E-state index is 0.0308. The normalized spacial score (nSPS) is 27.1. The zero-order valence-electron chi connectivity index (χ0n) is 19.1. The average Bonchev–Trinajstić information content (AvgIpc) is 3.34. The molecule has 1 saturated carbocycles. The number of cyclic esters (lactones) is 1. The molecule has 12 heteroatoms. The van der Waals surface area contributed by atoms with Crippen molar-refractivity contribution in [3.8, 4) is 17.2 Å². The summed E-state index contributed by atoms with van der Waals surface area (Å²) in [6.07, 6.45) is 2.66. The van der Waals surface area contributed by atoms with Crippen LogP contribution in [0.1, 0.15) is 5.69 Å². The van der Waals surface area contributed by atoms with Crippen LogP contribution in [0.25, 0.3) is 11.1 Å². The lowest BCUT2D eigenvalue weighted by Gasteiger charge is -2.19. The first-order chi connectivity index (χ1) is 17.3. The van der Waals surface area contributed by atoms with E-state index in [2.05, 4.69) is 26.3 Å². The van der Waals surface area contributed by atoms with Crippen LogP contribution in [0.3, 0.4) is 0 Å². The summed E-state index contributed by atoms with van der Waals surface area (Å²) in [7, 11) is 1.99. The third-order valence-electron chi connectivity index (χ3n) is 7.39. The number of hydrogen-bond donors (Lipinski definition) is 0. The van der Waals surface area contributed by atoms with Crippen molar-refractivity contribution in [2.45, 2.75) is 18.1 Å². The summed E-state index contributed by atoms with van der Waals surface area (Å²) in [6.45, 7) is 1.62. The Morgan fingerprint density at radius 2 is 1.97 bits per heavy atom. The molecule has 0 N–H and O–H groups in total. The zero-order chi connectivity index (χ0) is 25.2. The van der Waals surface area contributed by atoms with Crippen molar-refractivity contribution in [3.05, 3.63) is 59.9 Å². The molecular weight excluding hydrogens is 475 g/mol. The second-order valence-corrected chi connectivity index (χ2v) is 9.47. The number of piperidine rings is 1. The molecule has 1 amide bonds. The topological polar surface area (TPSA) is 100 Å². The number of halogens is 3. The monoisotopic (exact) mass is 495 g/mol. The van der Waals surface area contributed by atoms with E-state index in [1.807, 2.05) is 7.05 Å². The molecule has 0 spiro atoms. The molecule has 3 aliphatic rings. The molecule has 1 aromatic carbocycles.